The Balaban J connectivity index is 2.09. The minimum Gasteiger partial charge on any atom is -0.352 e. The van der Waals surface area contributed by atoms with E-state index in [9.17, 15) is 13.2 Å². The van der Waals surface area contributed by atoms with Crippen molar-refractivity contribution < 1.29 is 13.2 Å². The summed E-state index contributed by atoms with van der Waals surface area (Å²) in [5.41, 5.74) is 0. The lowest BCUT2D eigenvalue weighted by molar-refractivity contribution is -0.121. The van der Waals surface area contributed by atoms with E-state index in [0.717, 1.165) is 28.5 Å². The van der Waals surface area contributed by atoms with Gasteiger partial charge in [-0.3, -0.25) is 4.79 Å². The van der Waals surface area contributed by atoms with Crippen molar-refractivity contribution in [3.63, 3.8) is 0 Å². The van der Waals surface area contributed by atoms with E-state index >= 15 is 0 Å². The van der Waals surface area contributed by atoms with E-state index in [2.05, 4.69) is 5.32 Å². The number of rotatable bonds is 5. The van der Waals surface area contributed by atoms with Gasteiger partial charge in [-0.2, -0.15) is 4.31 Å². The molecule has 0 spiro atoms. The van der Waals surface area contributed by atoms with Crippen LogP contribution in [0.4, 0.5) is 0 Å². The lowest BCUT2D eigenvalue weighted by Gasteiger charge is -2.16. The fourth-order valence-corrected chi connectivity index (χ4v) is 4.69. The van der Waals surface area contributed by atoms with Gasteiger partial charge < -0.3 is 5.32 Å². The number of likely N-dealkylation sites (N-methyl/N-ethyl adjacent to an activating group) is 1. The quantitative estimate of drug-likeness (QED) is 0.889. The Morgan fingerprint density at radius 1 is 1.53 bits per heavy atom. The number of thiophene rings is 1. The van der Waals surface area contributed by atoms with Crippen molar-refractivity contribution in [3.8, 4) is 0 Å². The number of halogens is 2. The first-order valence-electron chi connectivity index (χ1n) is 5.51. The highest BCUT2D eigenvalue weighted by molar-refractivity contribution is 7.89. The van der Waals surface area contributed by atoms with Crippen LogP contribution in [0.25, 0.3) is 0 Å². The van der Waals surface area contributed by atoms with E-state index < -0.39 is 10.0 Å². The molecule has 1 saturated carbocycles. The van der Waals surface area contributed by atoms with Gasteiger partial charge in [0, 0.05) is 13.1 Å². The zero-order chi connectivity index (χ0) is 14.2. The molecular weight excluding hydrogens is 331 g/mol. The van der Waals surface area contributed by atoms with Crippen LogP contribution in [0.2, 0.25) is 8.67 Å². The molecule has 1 heterocycles. The first-order valence-corrected chi connectivity index (χ1v) is 8.52. The van der Waals surface area contributed by atoms with Crippen LogP contribution in [0, 0.1) is 0 Å². The summed E-state index contributed by atoms with van der Waals surface area (Å²) in [6.45, 7) is -0.234. The average Bonchev–Trinajstić information content (AvgIpc) is 3.02. The van der Waals surface area contributed by atoms with Crippen molar-refractivity contribution in [3.05, 3.63) is 14.7 Å². The highest BCUT2D eigenvalue weighted by Gasteiger charge is 2.29. The third kappa shape index (κ3) is 3.61. The summed E-state index contributed by atoms with van der Waals surface area (Å²) in [6.07, 6.45) is 1.91. The summed E-state index contributed by atoms with van der Waals surface area (Å²) in [5.74, 6) is -0.314. The SMILES string of the molecule is CN(CC(=O)NC1CC1)S(=O)(=O)c1cc(Cl)sc1Cl. The molecule has 9 heteroatoms. The molecule has 1 aliphatic carbocycles. The molecule has 1 fully saturated rings. The standard InChI is InChI=1S/C10H12Cl2N2O3S2/c1-14(5-9(15)13-6-2-3-6)19(16,17)7-4-8(11)18-10(7)12/h4,6H,2-3,5H2,1H3,(H,13,15). The van der Waals surface area contributed by atoms with Crippen LogP contribution in [0.5, 0.6) is 0 Å². The van der Waals surface area contributed by atoms with Crippen molar-refractivity contribution in [2.45, 2.75) is 23.8 Å². The zero-order valence-corrected chi connectivity index (χ0v) is 13.2. The average molecular weight is 343 g/mol. The molecule has 5 nitrogen and oxygen atoms in total. The molecule has 2 rings (SSSR count). The van der Waals surface area contributed by atoms with Crippen LogP contribution in [0.15, 0.2) is 11.0 Å². The van der Waals surface area contributed by atoms with Crippen LogP contribution in [-0.2, 0) is 14.8 Å². The Bertz CT molecular complexity index is 596. The molecule has 0 unspecified atom stereocenters. The largest absolute Gasteiger partial charge is 0.352 e. The van der Waals surface area contributed by atoms with Crippen LogP contribution >= 0.6 is 34.5 Å². The summed E-state index contributed by atoms with van der Waals surface area (Å²) in [5, 5.41) is 2.73. The Morgan fingerprint density at radius 3 is 2.63 bits per heavy atom. The number of hydrogen-bond acceptors (Lipinski definition) is 4. The molecule has 1 aromatic heterocycles. The minimum absolute atomic E-state index is 0.0640. The molecule has 1 N–H and O–H groups in total. The minimum atomic E-state index is -3.79. The third-order valence-electron chi connectivity index (χ3n) is 2.62. The van der Waals surface area contributed by atoms with Crippen molar-refractivity contribution in [1.82, 2.24) is 9.62 Å². The number of sulfonamides is 1. The Hall–Kier alpha value is -0.340. The van der Waals surface area contributed by atoms with Gasteiger partial charge in [0.15, 0.2) is 0 Å². The van der Waals surface area contributed by atoms with E-state index in [1.807, 2.05) is 0 Å². The highest BCUT2D eigenvalue weighted by atomic mass is 35.5. The Morgan fingerprint density at radius 2 is 2.16 bits per heavy atom. The molecule has 1 aliphatic rings. The van der Waals surface area contributed by atoms with Crippen LogP contribution < -0.4 is 5.32 Å². The number of nitrogens with one attached hydrogen (secondary N) is 1. The molecule has 0 aromatic carbocycles. The summed E-state index contributed by atoms with van der Waals surface area (Å²) < 4.78 is 25.8. The number of hydrogen-bond donors (Lipinski definition) is 1. The monoisotopic (exact) mass is 342 g/mol. The lowest BCUT2D eigenvalue weighted by Crippen LogP contribution is -2.39. The molecule has 106 valence electrons. The van der Waals surface area contributed by atoms with Crippen LogP contribution in [0.1, 0.15) is 12.8 Å². The summed E-state index contributed by atoms with van der Waals surface area (Å²) in [4.78, 5) is 11.5. The van der Waals surface area contributed by atoms with E-state index in [-0.39, 0.29) is 27.7 Å². The molecule has 1 amide bonds. The van der Waals surface area contributed by atoms with Crippen LogP contribution in [0.3, 0.4) is 0 Å². The van der Waals surface area contributed by atoms with Gasteiger partial charge >= 0.3 is 0 Å². The topological polar surface area (TPSA) is 66.5 Å². The zero-order valence-electron chi connectivity index (χ0n) is 10.0. The predicted octanol–water partition coefficient (Wildman–Crippen LogP) is 1.95. The van der Waals surface area contributed by atoms with Crippen molar-refractivity contribution in [2.75, 3.05) is 13.6 Å². The maximum absolute atomic E-state index is 12.2. The van der Waals surface area contributed by atoms with Crippen LogP contribution in [-0.4, -0.2) is 38.3 Å². The van der Waals surface area contributed by atoms with Gasteiger partial charge in [0.2, 0.25) is 15.9 Å². The normalized spacial score (nSPS) is 15.8. The smallest absolute Gasteiger partial charge is 0.245 e. The molecule has 0 radical (unpaired) electrons. The summed E-state index contributed by atoms with van der Waals surface area (Å²) in [6, 6.07) is 1.49. The molecule has 0 aliphatic heterocycles. The van der Waals surface area contributed by atoms with Gasteiger partial charge in [-0.25, -0.2) is 8.42 Å². The molecule has 0 saturated heterocycles. The second kappa shape index (κ2) is 5.57. The van der Waals surface area contributed by atoms with Gasteiger partial charge in [0.05, 0.1) is 10.9 Å². The number of carbonyl (C=O) groups excluding carboxylic acids is 1. The molecule has 0 atom stereocenters. The molecule has 0 bridgehead atoms. The summed E-state index contributed by atoms with van der Waals surface area (Å²) in [7, 11) is -2.46. The Labute approximate surface area is 125 Å². The molecule has 1 aromatic rings. The Kier molecular flexibility index (Phi) is 4.42. The lowest BCUT2D eigenvalue weighted by atomic mass is 10.5. The molecule has 19 heavy (non-hydrogen) atoms. The van der Waals surface area contributed by atoms with Gasteiger partial charge in [0.25, 0.3) is 0 Å². The van der Waals surface area contributed by atoms with Crippen molar-refractivity contribution in [2.24, 2.45) is 0 Å². The summed E-state index contributed by atoms with van der Waals surface area (Å²) >= 11 is 12.5. The van der Waals surface area contributed by atoms with Crippen molar-refractivity contribution >= 4 is 50.5 Å². The maximum Gasteiger partial charge on any atom is 0.245 e. The maximum atomic E-state index is 12.2. The third-order valence-corrected chi connectivity index (χ3v) is 6.18. The van der Waals surface area contributed by atoms with Gasteiger partial charge in [-0.05, 0) is 18.9 Å². The predicted molar refractivity (Wildman–Crippen MR) is 75.3 cm³/mol. The fourth-order valence-electron chi connectivity index (χ4n) is 1.46. The van der Waals surface area contributed by atoms with Gasteiger partial charge in [-0.1, -0.05) is 23.2 Å². The first kappa shape index (κ1) is 15.1. The van der Waals surface area contributed by atoms with Gasteiger partial charge in [0.1, 0.15) is 9.23 Å². The highest BCUT2D eigenvalue weighted by Crippen LogP contribution is 2.35. The number of amides is 1. The second-order valence-corrected chi connectivity index (χ2v) is 8.59. The van der Waals surface area contributed by atoms with Gasteiger partial charge in [-0.15, -0.1) is 11.3 Å². The fraction of sp³-hybridized carbons (Fsp3) is 0.500. The van der Waals surface area contributed by atoms with E-state index in [1.54, 1.807) is 0 Å². The number of carbonyl (C=O) groups is 1. The first-order chi connectivity index (χ1) is 8.80. The molecular formula is C10H12Cl2N2O3S2. The van der Waals surface area contributed by atoms with Crippen molar-refractivity contribution in [1.29, 1.82) is 0 Å². The number of nitrogens with zero attached hydrogens (tertiary/aromatic N) is 1. The second-order valence-electron chi connectivity index (χ2n) is 4.29. The van der Waals surface area contributed by atoms with E-state index in [0.29, 0.717) is 4.34 Å². The van der Waals surface area contributed by atoms with E-state index in [1.165, 1.54) is 13.1 Å². The van der Waals surface area contributed by atoms with E-state index in [4.69, 9.17) is 23.2 Å².